The van der Waals surface area contributed by atoms with Gasteiger partial charge in [-0.1, -0.05) is 13.0 Å². The minimum atomic E-state index is -0.113. The lowest BCUT2D eigenvalue weighted by Gasteiger charge is -2.12. The van der Waals surface area contributed by atoms with Gasteiger partial charge in [0.25, 0.3) is 5.91 Å². The summed E-state index contributed by atoms with van der Waals surface area (Å²) in [6, 6.07) is 6.48. The first kappa shape index (κ1) is 15.6. The molecule has 0 heterocycles. The first-order valence-corrected chi connectivity index (χ1v) is 7.52. The molecule has 1 aliphatic carbocycles. The van der Waals surface area contributed by atoms with Gasteiger partial charge in [0.1, 0.15) is 0 Å². The standard InChI is InChI=1S/C16H24N2O3/c1-3-8-17-16(19)11-21-14-7-4-12(9-15(14)20-2)10-18-13-5-6-13/h4,7,9,13,18H,3,5-6,8,10-11H2,1-2H3,(H,17,19). The van der Waals surface area contributed by atoms with Crippen molar-refractivity contribution in [3.63, 3.8) is 0 Å². The van der Waals surface area contributed by atoms with Crippen molar-refractivity contribution in [2.75, 3.05) is 20.3 Å². The molecule has 0 bridgehead atoms. The zero-order valence-corrected chi connectivity index (χ0v) is 12.8. The predicted molar refractivity (Wildman–Crippen MR) is 81.7 cm³/mol. The molecule has 0 spiro atoms. The van der Waals surface area contributed by atoms with Crippen LogP contribution < -0.4 is 20.1 Å². The Kier molecular flexibility index (Phi) is 5.87. The van der Waals surface area contributed by atoms with E-state index in [-0.39, 0.29) is 12.5 Å². The summed E-state index contributed by atoms with van der Waals surface area (Å²) < 4.78 is 10.9. The van der Waals surface area contributed by atoms with E-state index < -0.39 is 0 Å². The number of nitrogens with one attached hydrogen (secondary N) is 2. The first-order valence-electron chi connectivity index (χ1n) is 7.52. The summed E-state index contributed by atoms with van der Waals surface area (Å²) in [6.45, 7) is 3.53. The van der Waals surface area contributed by atoms with Gasteiger partial charge >= 0.3 is 0 Å². The van der Waals surface area contributed by atoms with Gasteiger partial charge in [0.2, 0.25) is 0 Å². The number of carbonyl (C=O) groups is 1. The molecule has 1 aliphatic rings. The molecule has 0 aromatic heterocycles. The second-order valence-electron chi connectivity index (χ2n) is 5.28. The Morgan fingerprint density at radius 1 is 1.33 bits per heavy atom. The second-order valence-corrected chi connectivity index (χ2v) is 5.28. The highest BCUT2D eigenvalue weighted by Crippen LogP contribution is 2.28. The normalized spacial score (nSPS) is 13.8. The van der Waals surface area contributed by atoms with E-state index in [2.05, 4.69) is 10.6 Å². The Hall–Kier alpha value is -1.75. The minimum Gasteiger partial charge on any atom is -0.493 e. The lowest BCUT2D eigenvalue weighted by atomic mass is 10.2. The highest BCUT2D eigenvalue weighted by atomic mass is 16.5. The van der Waals surface area contributed by atoms with Crippen molar-refractivity contribution in [3.8, 4) is 11.5 Å². The van der Waals surface area contributed by atoms with E-state index >= 15 is 0 Å². The molecular formula is C16H24N2O3. The van der Waals surface area contributed by atoms with E-state index in [0.717, 1.165) is 18.5 Å². The van der Waals surface area contributed by atoms with Crippen LogP contribution in [0.5, 0.6) is 11.5 Å². The van der Waals surface area contributed by atoms with Gasteiger partial charge in [-0.15, -0.1) is 0 Å². The van der Waals surface area contributed by atoms with Gasteiger partial charge in [0, 0.05) is 19.1 Å². The van der Waals surface area contributed by atoms with Gasteiger partial charge in [-0.2, -0.15) is 0 Å². The molecular weight excluding hydrogens is 268 g/mol. The van der Waals surface area contributed by atoms with Crippen LogP contribution in [-0.2, 0) is 11.3 Å². The molecule has 5 heteroatoms. The number of carbonyl (C=O) groups excluding carboxylic acids is 1. The SMILES string of the molecule is CCCNC(=O)COc1ccc(CNC2CC2)cc1OC. The Bertz CT molecular complexity index is 473. The Labute approximate surface area is 126 Å². The van der Waals surface area contributed by atoms with Gasteiger partial charge in [0.15, 0.2) is 18.1 Å². The molecule has 2 N–H and O–H groups in total. The lowest BCUT2D eigenvalue weighted by molar-refractivity contribution is -0.123. The summed E-state index contributed by atoms with van der Waals surface area (Å²) >= 11 is 0. The van der Waals surface area contributed by atoms with Crippen molar-refractivity contribution in [3.05, 3.63) is 23.8 Å². The van der Waals surface area contributed by atoms with Crippen LogP contribution in [0.1, 0.15) is 31.7 Å². The first-order chi connectivity index (χ1) is 10.2. The molecule has 116 valence electrons. The molecule has 1 saturated carbocycles. The van der Waals surface area contributed by atoms with E-state index in [1.807, 2.05) is 25.1 Å². The maximum absolute atomic E-state index is 11.5. The monoisotopic (exact) mass is 292 g/mol. The molecule has 5 nitrogen and oxygen atoms in total. The smallest absolute Gasteiger partial charge is 0.257 e. The van der Waals surface area contributed by atoms with Crippen LogP contribution in [0.25, 0.3) is 0 Å². The maximum atomic E-state index is 11.5. The van der Waals surface area contributed by atoms with Crippen LogP contribution in [0.2, 0.25) is 0 Å². The molecule has 2 rings (SSSR count). The van der Waals surface area contributed by atoms with E-state index in [1.54, 1.807) is 7.11 Å². The zero-order chi connectivity index (χ0) is 15.1. The molecule has 0 radical (unpaired) electrons. The van der Waals surface area contributed by atoms with Crippen LogP contribution in [-0.4, -0.2) is 32.2 Å². The number of methoxy groups -OCH3 is 1. The van der Waals surface area contributed by atoms with Crippen LogP contribution in [0.15, 0.2) is 18.2 Å². The van der Waals surface area contributed by atoms with E-state index in [0.29, 0.717) is 24.1 Å². The maximum Gasteiger partial charge on any atom is 0.257 e. The molecule has 0 aliphatic heterocycles. The third kappa shape index (κ3) is 5.27. The van der Waals surface area contributed by atoms with Gasteiger partial charge in [-0.05, 0) is 37.0 Å². The van der Waals surface area contributed by atoms with E-state index in [1.165, 1.54) is 12.8 Å². The summed E-state index contributed by atoms with van der Waals surface area (Å²) in [5, 5.41) is 6.23. The molecule has 0 unspecified atom stereocenters. The lowest BCUT2D eigenvalue weighted by Crippen LogP contribution is -2.29. The quantitative estimate of drug-likeness (QED) is 0.729. The van der Waals surface area contributed by atoms with Crippen molar-refractivity contribution in [1.29, 1.82) is 0 Å². The van der Waals surface area contributed by atoms with Crippen molar-refractivity contribution in [1.82, 2.24) is 10.6 Å². The van der Waals surface area contributed by atoms with Gasteiger partial charge < -0.3 is 20.1 Å². The number of hydrogen-bond acceptors (Lipinski definition) is 4. The third-order valence-corrected chi connectivity index (χ3v) is 3.33. The summed E-state index contributed by atoms with van der Waals surface area (Å²) in [7, 11) is 1.61. The summed E-state index contributed by atoms with van der Waals surface area (Å²) in [6.07, 6.45) is 3.45. The van der Waals surface area contributed by atoms with Crippen LogP contribution >= 0.6 is 0 Å². The highest BCUT2D eigenvalue weighted by Gasteiger charge is 2.20. The van der Waals surface area contributed by atoms with Gasteiger partial charge in [-0.25, -0.2) is 0 Å². The Balaban J connectivity index is 1.87. The fraction of sp³-hybridized carbons (Fsp3) is 0.562. The van der Waals surface area contributed by atoms with Crippen molar-refractivity contribution < 1.29 is 14.3 Å². The van der Waals surface area contributed by atoms with Crippen molar-refractivity contribution >= 4 is 5.91 Å². The van der Waals surface area contributed by atoms with Crippen LogP contribution in [0.3, 0.4) is 0 Å². The molecule has 1 aromatic rings. The number of rotatable bonds is 9. The Morgan fingerprint density at radius 2 is 2.14 bits per heavy atom. The van der Waals surface area contributed by atoms with E-state index in [9.17, 15) is 4.79 Å². The topological polar surface area (TPSA) is 59.6 Å². The van der Waals surface area contributed by atoms with Gasteiger partial charge in [0.05, 0.1) is 7.11 Å². The van der Waals surface area contributed by atoms with Crippen molar-refractivity contribution in [2.45, 2.75) is 38.8 Å². The minimum absolute atomic E-state index is 0.00995. The third-order valence-electron chi connectivity index (χ3n) is 3.33. The van der Waals surface area contributed by atoms with Crippen molar-refractivity contribution in [2.24, 2.45) is 0 Å². The molecule has 1 aromatic carbocycles. The summed E-state index contributed by atoms with van der Waals surface area (Å²) in [4.78, 5) is 11.5. The summed E-state index contributed by atoms with van der Waals surface area (Å²) in [5.74, 6) is 1.14. The summed E-state index contributed by atoms with van der Waals surface area (Å²) in [5.41, 5.74) is 1.15. The number of benzene rings is 1. The molecule has 0 saturated heterocycles. The fourth-order valence-corrected chi connectivity index (χ4v) is 1.95. The van der Waals surface area contributed by atoms with Gasteiger partial charge in [-0.3, -0.25) is 4.79 Å². The second kappa shape index (κ2) is 7.88. The largest absolute Gasteiger partial charge is 0.493 e. The van der Waals surface area contributed by atoms with E-state index in [4.69, 9.17) is 9.47 Å². The van der Waals surface area contributed by atoms with Crippen LogP contribution in [0.4, 0.5) is 0 Å². The number of hydrogen-bond donors (Lipinski definition) is 2. The zero-order valence-electron chi connectivity index (χ0n) is 12.8. The van der Waals surface area contributed by atoms with Crippen LogP contribution in [0, 0.1) is 0 Å². The molecule has 21 heavy (non-hydrogen) atoms. The highest BCUT2D eigenvalue weighted by molar-refractivity contribution is 5.77. The average molecular weight is 292 g/mol. The molecule has 0 atom stereocenters. The number of ether oxygens (including phenoxy) is 2. The average Bonchev–Trinajstić information content (AvgIpc) is 3.33. The molecule has 1 fully saturated rings. The fourth-order valence-electron chi connectivity index (χ4n) is 1.95. The predicted octanol–water partition coefficient (Wildman–Crippen LogP) is 1.85. The number of amides is 1. The molecule has 1 amide bonds. The Morgan fingerprint density at radius 3 is 2.81 bits per heavy atom.